The number of benzene rings is 1. The van der Waals surface area contributed by atoms with E-state index in [9.17, 15) is 4.79 Å². The number of oxazole rings is 1. The number of piperidine rings is 1. The van der Waals surface area contributed by atoms with Crippen molar-refractivity contribution in [3.8, 4) is 0 Å². The Morgan fingerprint density at radius 3 is 3.08 bits per heavy atom. The van der Waals surface area contributed by atoms with Crippen LogP contribution in [0.3, 0.4) is 0 Å². The van der Waals surface area contributed by atoms with Crippen molar-refractivity contribution < 1.29 is 9.21 Å². The fourth-order valence-corrected chi connectivity index (χ4v) is 3.76. The molecular formula is C18H19N3O2S. The standard InChI is InChI=1S/C18H19N3O2S/c22-18(19-11-14-6-4-10-24-14)21-9-3-5-13(12-21)17-20-15-7-1-2-8-16(15)23-17/h1-2,4,6-8,10,13H,3,5,9,11-12H2,(H,19,22). The number of aromatic nitrogens is 1. The van der Waals surface area contributed by atoms with E-state index in [1.54, 1.807) is 11.3 Å². The van der Waals surface area contributed by atoms with Gasteiger partial charge in [0, 0.05) is 18.0 Å². The summed E-state index contributed by atoms with van der Waals surface area (Å²) in [7, 11) is 0. The molecule has 3 heterocycles. The first kappa shape index (κ1) is 15.2. The third kappa shape index (κ3) is 3.14. The Morgan fingerprint density at radius 1 is 1.33 bits per heavy atom. The zero-order chi connectivity index (χ0) is 16.4. The third-order valence-corrected chi connectivity index (χ3v) is 5.24. The molecule has 0 radical (unpaired) electrons. The first-order valence-electron chi connectivity index (χ1n) is 8.20. The van der Waals surface area contributed by atoms with Crippen LogP contribution in [-0.4, -0.2) is 29.0 Å². The van der Waals surface area contributed by atoms with Crippen LogP contribution in [0.2, 0.25) is 0 Å². The normalized spacial score (nSPS) is 18.0. The number of amides is 2. The summed E-state index contributed by atoms with van der Waals surface area (Å²) in [4.78, 5) is 20.0. The van der Waals surface area contributed by atoms with E-state index in [-0.39, 0.29) is 11.9 Å². The van der Waals surface area contributed by atoms with Crippen LogP contribution in [0.1, 0.15) is 29.5 Å². The Kier molecular flexibility index (Phi) is 4.21. The number of carbonyl (C=O) groups is 1. The molecule has 4 rings (SSSR count). The summed E-state index contributed by atoms with van der Waals surface area (Å²) in [5, 5.41) is 5.02. The molecule has 124 valence electrons. The fourth-order valence-electron chi connectivity index (χ4n) is 3.12. The molecule has 1 aliphatic rings. The van der Waals surface area contributed by atoms with E-state index in [1.165, 1.54) is 0 Å². The fraction of sp³-hybridized carbons (Fsp3) is 0.333. The maximum Gasteiger partial charge on any atom is 0.317 e. The Morgan fingerprint density at radius 2 is 2.25 bits per heavy atom. The van der Waals surface area contributed by atoms with Gasteiger partial charge in [-0.05, 0) is 36.4 Å². The summed E-state index contributed by atoms with van der Waals surface area (Å²) in [6, 6.07) is 11.8. The van der Waals surface area contributed by atoms with Crippen LogP contribution in [-0.2, 0) is 6.54 Å². The highest BCUT2D eigenvalue weighted by molar-refractivity contribution is 7.09. The highest BCUT2D eigenvalue weighted by atomic mass is 32.1. The number of nitrogens with one attached hydrogen (secondary N) is 1. The van der Waals surface area contributed by atoms with Gasteiger partial charge in [-0.2, -0.15) is 0 Å². The van der Waals surface area contributed by atoms with Crippen LogP contribution >= 0.6 is 11.3 Å². The van der Waals surface area contributed by atoms with E-state index in [2.05, 4.69) is 10.3 Å². The molecule has 1 unspecified atom stereocenters. The van der Waals surface area contributed by atoms with Gasteiger partial charge in [-0.15, -0.1) is 11.3 Å². The van der Waals surface area contributed by atoms with Gasteiger partial charge in [-0.3, -0.25) is 0 Å². The van der Waals surface area contributed by atoms with Crippen LogP contribution in [0.25, 0.3) is 11.1 Å². The quantitative estimate of drug-likeness (QED) is 0.784. The summed E-state index contributed by atoms with van der Waals surface area (Å²) < 4.78 is 5.89. The molecule has 2 amide bonds. The van der Waals surface area contributed by atoms with Gasteiger partial charge in [0.25, 0.3) is 0 Å². The molecule has 5 nitrogen and oxygen atoms in total. The SMILES string of the molecule is O=C(NCc1cccs1)N1CCCC(c2nc3ccccc3o2)C1. The number of rotatable bonds is 3. The predicted molar refractivity (Wildman–Crippen MR) is 94.1 cm³/mol. The highest BCUT2D eigenvalue weighted by Crippen LogP contribution is 2.29. The molecule has 0 aliphatic carbocycles. The second kappa shape index (κ2) is 6.65. The van der Waals surface area contributed by atoms with Crippen molar-refractivity contribution in [2.24, 2.45) is 0 Å². The highest BCUT2D eigenvalue weighted by Gasteiger charge is 2.28. The molecule has 1 saturated heterocycles. The van der Waals surface area contributed by atoms with Crippen LogP contribution in [0.4, 0.5) is 4.79 Å². The number of carbonyl (C=O) groups excluding carboxylic acids is 1. The zero-order valence-corrected chi connectivity index (χ0v) is 14.1. The molecule has 1 fully saturated rings. The average molecular weight is 341 g/mol. The number of likely N-dealkylation sites (tertiary alicyclic amines) is 1. The van der Waals surface area contributed by atoms with E-state index in [0.717, 1.165) is 41.3 Å². The summed E-state index contributed by atoms with van der Waals surface area (Å²) in [5.41, 5.74) is 1.69. The average Bonchev–Trinajstić information content (AvgIpc) is 3.29. The molecule has 1 atom stereocenters. The molecule has 0 bridgehead atoms. The molecule has 0 saturated carbocycles. The maximum absolute atomic E-state index is 12.4. The Bertz CT molecular complexity index is 795. The van der Waals surface area contributed by atoms with Gasteiger partial charge < -0.3 is 14.6 Å². The minimum Gasteiger partial charge on any atom is -0.440 e. The molecule has 3 aromatic rings. The summed E-state index contributed by atoms with van der Waals surface area (Å²) in [5.74, 6) is 0.908. The molecule has 1 aliphatic heterocycles. The number of para-hydroxylation sites is 2. The zero-order valence-electron chi connectivity index (χ0n) is 13.3. The molecule has 2 aromatic heterocycles. The Balaban J connectivity index is 1.42. The monoisotopic (exact) mass is 341 g/mol. The molecule has 6 heteroatoms. The van der Waals surface area contributed by atoms with Gasteiger partial charge in [0.05, 0.1) is 12.5 Å². The Hall–Kier alpha value is -2.34. The third-order valence-electron chi connectivity index (χ3n) is 4.36. The number of urea groups is 1. The first-order chi connectivity index (χ1) is 11.8. The van der Waals surface area contributed by atoms with Crippen LogP contribution < -0.4 is 5.32 Å². The molecule has 1 N–H and O–H groups in total. The van der Waals surface area contributed by atoms with Crippen molar-refractivity contribution in [2.45, 2.75) is 25.3 Å². The van der Waals surface area contributed by atoms with Crippen molar-refractivity contribution >= 4 is 28.5 Å². The molecule has 1 aromatic carbocycles. The molecule has 24 heavy (non-hydrogen) atoms. The van der Waals surface area contributed by atoms with Crippen LogP contribution in [0.15, 0.2) is 46.2 Å². The first-order valence-corrected chi connectivity index (χ1v) is 9.08. The second-order valence-electron chi connectivity index (χ2n) is 6.04. The predicted octanol–water partition coefficient (Wildman–Crippen LogP) is 3.98. The minimum atomic E-state index is -0.00999. The van der Waals surface area contributed by atoms with Crippen LogP contribution in [0, 0.1) is 0 Å². The van der Waals surface area contributed by atoms with Crippen molar-refractivity contribution in [3.05, 3.63) is 52.5 Å². The number of thiophene rings is 1. The summed E-state index contributed by atoms with van der Waals surface area (Å²) in [6.07, 6.45) is 1.97. The lowest BCUT2D eigenvalue weighted by molar-refractivity contribution is 0.174. The maximum atomic E-state index is 12.4. The van der Waals surface area contributed by atoms with Gasteiger partial charge in [0.15, 0.2) is 11.5 Å². The van der Waals surface area contributed by atoms with Gasteiger partial charge in [0.1, 0.15) is 5.52 Å². The van der Waals surface area contributed by atoms with Crippen LogP contribution in [0.5, 0.6) is 0 Å². The summed E-state index contributed by atoms with van der Waals surface area (Å²) >= 11 is 1.65. The number of nitrogens with zero attached hydrogens (tertiary/aromatic N) is 2. The lowest BCUT2D eigenvalue weighted by atomic mass is 9.98. The number of hydrogen-bond acceptors (Lipinski definition) is 4. The smallest absolute Gasteiger partial charge is 0.317 e. The minimum absolute atomic E-state index is 0.00999. The van der Waals surface area contributed by atoms with Gasteiger partial charge in [0.2, 0.25) is 0 Å². The number of hydrogen-bond donors (Lipinski definition) is 1. The van der Waals surface area contributed by atoms with Crippen molar-refractivity contribution in [1.29, 1.82) is 0 Å². The van der Waals surface area contributed by atoms with Crippen molar-refractivity contribution in [2.75, 3.05) is 13.1 Å². The van der Waals surface area contributed by atoms with Gasteiger partial charge in [-0.1, -0.05) is 18.2 Å². The van der Waals surface area contributed by atoms with E-state index in [4.69, 9.17) is 4.42 Å². The van der Waals surface area contributed by atoms with Crippen molar-refractivity contribution in [1.82, 2.24) is 15.2 Å². The topological polar surface area (TPSA) is 58.4 Å². The molecular weight excluding hydrogens is 322 g/mol. The summed E-state index contributed by atoms with van der Waals surface area (Å²) in [6.45, 7) is 2.02. The van der Waals surface area contributed by atoms with E-state index < -0.39 is 0 Å². The van der Waals surface area contributed by atoms with E-state index in [0.29, 0.717) is 13.1 Å². The van der Waals surface area contributed by atoms with E-state index in [1.807, 2.05) is 46.7 Å². The molecule has 0 spiro atoms. The lowest BCUT2D eigenvalue weighted by Crippen LogP contribution is -2.44. The lowest BCUT2D eigenvalue weighted by Gasteiger charge is -2.31. The van der Waals surface area contributed by atoms with Gasteiger partial charge >= 0.3 is 6.03 Å². The van der Waals surface area contributed by atoms with Crippen molar-refractivity contribution in [3.63, 3.8) is 0 Å². The largest absolute Gasteiger partial charge is 0.440 e. The van der Waals surface area contributed by atoms with E-state index >= 15 is 0 Å². The van der Waals surface area contributed by atoms with Gasteiger partial charge in [-0.25, -0.2) is 9.78 Å². The second-order valence-corrected chi connectivity index (χ2v) is 7.08. The Labute approximate surface area is 144 Å². The number of fused-ring (bicyclic) bond motifs is 1.